The Bertz CT molecular complexity index is 358. The highest BCUT2D eigenvalue weighted by atomic mass is 16.5. The fraction of sp³-hybridized carbons (Fsp3) is 0.600. The Balaban J connectivity index is 3.05. The predicted octanol–water partition coefficient (Wildman–Crippen LogP) is 3.41. The third kappa shape index (κ3) is 3.74. The van der Waals surface area contributed by atoms with Crippen LogP contribution in [0.5, 0.6) is 5.75 Å². The summed E-state index contributed by atoms with van der Waals surface area (Å²) in [5, 5.41) is 0. The molecule has 0 aliphatic rings. The predicted molar refractivity (Wildman–Crippen MR) is 73.8 cm³/mol. The average Bonchev–Trinajstić information content (AvgIpc) is 2.28. The molecule has 0 aliphatic heterocycles. The lowest BCUT2D eigenvalue weighted by Crippen LogP contribution is -2.04. The Labute approximate surface area is 105 Å². The molecule has 2 heteroatoms. The molecule has 0 saturated heterocycles. The van der Waals surface area contributed by atoms with Crippen molar-refractivity contribution >= 4 is 0 Å². The zero-order valence-electron chi connectivity index (χ0n) is 11.5. The van der Waals surface area contributed by atoms with Gasteiger partial charge in [-0.15, -0.1) is 0 Å². The third-order valence-electron chi connectivity index (χ3n) is 3.04. The summed E-state index contributed by atoms with van der Waals surface area (Å²) in [5.41, 5.74) is 9.60. The summed E-state index contributed by atoms with van der Waals surface area (Å²) in [5.74, 6) is 1.53. The van der Waals surface area contributed by atoms with Crippen LogP contribution in [0.15, 0.2) is 12.1 Å². The fourth-order valence-electron chi connectivity index (χ4n) is 2.04. The van der Waals surface area contributed by atoms with Crippen LogP contribution in [-0.2, 0) is 6.42 Å². The molecule has 0 bridgehead atoms. The number of ether oxygens (including phenoxy) is 1. The summed E-state index contributed by atoms with van der Waals surface area (Å²) in [4.78, 5) is 0. The Hall–Kier alpha value is -1.02. The highest BCUT2D eigenvalue weighted by molar-refractivity contribution is 5.44. The lowest BCUT2D eigenvalue weighted by atomic mass is 9.94. The van der Waals surface area contributed by atoms with Crippen molar-refractivity contribution in [2.45, 2.75) is 46.5 Å². The van der Waals surface area contributed by atoms with Crippen molar-refractivity contribution in [2.75, 3.05) is 13.2 Å². The largest absolute Gasteiger partial charge is 0.494 e. The maximum atomic E-state index is 5.71. The van der Waals surface area contributed by atoms with Gasteiger partial charge in [0.1, 0.15) is 5.75 Å². The second-order valence-corrected chi connectivity index (χ2v) is 4.80. The number of rotatable bonds is 6. The molecule has 0 radical (unpaired) electrons. The fourth-order valence-corrected chi connectivity index (χ4v) is 2.04. The molecule has 0 saturated carbocycles. The van der Waals surface area contributed by atoms with Gasteiger partial charge in [0.25, 0.3) is 0 Å². The molecule has 0 aromatic heterocycles. The maximum absolute atomic E-state index is 5.71. The van der Waals surface area contributed by atoms with Gasteiger partial charge in [-0.1, -0.05) is 19.9 Å². The first-order chi connectivity index (χ1) is 8.10. The molecular formula is C15H25NO. The highest BCUT2D eigenvalue weighted by Gasteiger charge is 2.11. The van der Waals surface area contributed by atoms with Crippen LogP contribution < -0.4 is 10.5 Å². The first kappa shape index (κ1) is 14.0. The second kappa shape index (κ2) is 6.65. The van der Waals surface area contributed by atoms with E-state index >= 15 is 0 Å². The number of benzene rings is 1. The number of hydrogen-bond acceptors (Lipinski definition) is 2. The monoisotopic (exact) mass is 235 g/mol. The zero-order valence-corrected chi connectivity index (χ0v) is 11.5. The van der Waals surface area contributed by atoms with E-state index in [2.05, 4.69) is 32.9 Å². The van der Waals surface area contributed by atoms with Gasteiger partial charge in [-0.2, -0.15) is 0 Å². The van der Waals surface area contributed by atoms with Crippen LogP contribution in [-0.4, -0.2) is 13.2 Å². The molecule has 0 heterocycles. The van der Waals surface area contributed by atoms with Gasteiger partial charge in [-0.25, -0.2) is 0 Å². The molecule has 0 fully saturated rings. The van der Waals surface area contributed by atoms with Crippen LogP contribution in [0, 0.1) is 6.92 Å². The average molecular weight is 235 g/mol. The molecule has 2 N–H and O–H groups in total. The Morgan fingerprint density at radius 1 is 1.29 bits per heavy atom. The molecular weight excluding hydrogens is 210 g/mol. The van der Waals surface area contributed by atoms with Gasteiger partial charge < -0.3 is 10.5 Å². The molecule has 1 aromatic carbocycles. The highest BCUT2D eigenvalue weighted by Crippen LogP contribution is 2.30. The van der Waals surface area contributed by atoms with E-state index in [1.54, 1.807) is 0 Å². The van der Waals surface area contributed by atoms with Crippen molar-refractivity contribution in [2.24, 2.45) is 5.73 Å². The summed E-state index contributed by atoms with van der Waals surface area (Å²) >= 11 is 0. The van der Waals surface area contributed by atoms with Gasteiger partial charge in [-0.3, -0.25) is 0 Å². The molecule has 96 valence electrons. The van der Waals surface area contributed by atoms with Crippen LogP contribution in [0.25, 0.3) is 0 Å². The summed E-state index contributed by atoms with van der Waals surface area (Å²) in [6.45, 7) is 10.1. The van der Waals surface area contributed by atoms with Crippen molar-refractivity contribution in [3.05, 3.63) is 28.8 Å². The normalized spacial score (nSPS) is 10.9. The van der Waals surface area contributed by atoms with Gasteiger partial charge in [0.15, 0.2) is 0 Å². The van der Waals surface area contributed by atoms with Crippen LogP contribution in [0.2, 0.25) is 0 Å². The molecule has 1 aromatic rings. The summed E-state index contributed by atoms with van der Waals surface area (Å²) in [7, 11) is 0. The van der Waals surface area contributed by atoms with Gasteiger partial charge in [0.05, 0.1) is 6.61 Å². The Morgan fingerprint density at radius 2 is 2.00 bits per heavy atom. The lowest BCUT2D eigenvalue weighted by Gasteiger charge is -2.17. The first-order valence-electron chi connectivity index (χ1n) is 6.56. The minimum atomic E-state index is 0.494. The Morgan fingerprint density at radius 3 is 2.53 bits per heavy atom. The molecule has 17 heavy (non-hydrogen) atoms. The lowest BCUT2D eigenvalue weighted by molar-refractivity contribution is 0.335. The van der Waals surface area contributed by atoms with Crippen molar-refractivity contribution in [3.8, 4) is 5.75 Å². The van der Waals surface area contributed by atoms with Crippen LogP contribution >= 0.6 is 0 Å². The standard InChI is InChI=1S/C15H25NO/c1-5-17-15-9-12(4)13(7-6-8-16)10-14(15)11(2)3/h9-11H,5-8,16H2,1-4H3. The van der Waals surface area contributed by atoms with E-state index in [9.17, 15) is 0 Å². The van der Waals surface area contributed by atoms with Crippen LogP contribution in [0.4, 0.5) is 0 Å². The van der Waals surface area contributed by atoms with Crippen LogP contribution in [0.3, 0.4) is 0 Å². The molecule has 0 aliphatic carbocycles. The van der Waals surface area contributed by atoms with Crippen LogP contribution in [0.1, 0.15) is 49.8 Å². The minimum Gasteiger partial charge on any atom is -0.494 e. The molecule has 0 unspecified atom stereocenters. The maximum Gasteiger partial charge on any atom is 0.123 e. The molecule has 1 rings (SSSR count). The topological polar surface area (TPSA) is 35.2 Å². The van der Waals surface area contributed by atoms with E-state index in [-0.39, 0.29) is 0 Å². The van der Waals surface area contributed by atoms with Gasteiger partial charge in [0.2, 0.25) is 0 Å². The number of nitrogens with two attached hydrogens (primary N) is 1. The summed E-state index contributed by atoms with van der Waals surface area (Å²) < 4.78 is 5.71. The summed E-state index contributed by atoms with van der Waals surface area (Å²) in [6.07, 6.45) is 2.11. The second-order valence-electron chi connectivity index (χ2n) is 4.80. The molecule has 0 spiro atoms. The first-order valence-corrected chi connectivity index (χ1v) is 6.56. The molecule has 0 amide bonds. The number of aryl methyl sites for hydroxylation is 2. The summed E-state index contributed by atoms with van der Waals surface area (Å²) in [6, 6.07) is 4.46. The Kier molecular flexibility index (Phi) is 5.49. The van der Waals surface area contributed by atoms with Crippen molar-refractivity contribution in [3.63, 3.8) is 0 Å². The van der Waals surface area contributed by atoms with E-state index < -0.39 is 0 Å². The van der Waals surface area contributed by atoms with E-state index in [1.165, 1.54) is 16.7 Å². The van der Waals surface area contributed by atoms with Crippen molar-refractivity contribution in [1.82, 2.24) is 0 Å². The van der Waals surface area contributed by atoms with E-state index in [1.807, 2.05) is 6.92 Å². The van der Waals surface area contributed by atoms with E-state index in [0.717, 1.165) is 31.7 Å². The van der Waals surface area contributed by atoms with E-state index in [4.69, 9.17) is 10.5 Å². The van der Waals surface area contributed by atoms with Gasteiger partial charge in [0, 0.05) is 0 Å². The number of hydrogen-bond donors (Lipinski definition) is 1. The third-order valence-corrected chi connectivity index (χ3v) is 3.04. The minimum absolute atomic E-state index is 0.494. The van der Waals surface area contributed by atoms with E-state index in [0.29, 0.717) is 5.92 Å². The smallest absolute Gasteiger partial charge is 0.123 e. The molecule has 0 atom stereocenters. The molecule has 2 nitrogen and oxygen atoms in total. The van der Waals surface area contributed by atoms with Gasteiger partial charge >= 0.3 is 0 Å². The zero-order chi connectivity index (χ0) is 12.8. The van der Waals surface area contributed by atoms with Crippen molar-refractivity contribution in [1.29, 1.82) is 0 Å². The SMILES string of the molecule is CCOc1cc(C)c(CCCN)cc1C(C)C. The quantitative estimate of drug-likeness (QED) is 0.820. The van der Waals surface area contributed by atoms with Gasteiger partial charge in [-0.05, 0) is 61.9 Å². The van der Waals surface area contributed by atoms with Crippen molar-refractivity contribution < 1.29 is 4.74 Å².